The number of allylic oxidation sites excluding steroid dienone is 4. The highest BCUT2D eigenvalue weighted by atomic mass is 32.3. The number of hydrogen-bond donors (Lipinski definition) is 2. The van der Waals surface area contributed by atoms with E-state index < -0.39 is 16.4 Å². The Balaban J connectivity index is 3.89. The molecule has 7 heteroatoms. The van der Waals surface area contributed by atoms with Gasteiger partial charge in [0.15, 0.2) is 0 Å². The minimum absolute atomic E-state index is 0.862. The van der Waals surface area contributed by atoms with Crippen molar-refractivity contribution in [2.45, 2.75) is 0 Å². The van der Waals surface area contributed by atoms with Crippen LogP contribution < -0.4 is 4.72 Å². The Morgan fingerprint density at radius 1 is 1.21 bits per heavy atom. The van der Waals surface area contributed by atoms with Crippen molar-refractivity contribution in [2.75, 3.05) is 0 Å². The van der Waals surface area contributed by atoms with Gasteiger partial charge in [0.2, 0.25) is 0 Å². The van der Waals surface area contributed by atoms with Crippen LogP contribution in [0.4, 0.5) is 3.89 Å². The predicted octanol–water partition coefficient (Wildman–Crippen LogP) is 0.501. The Labute approximate surface area is 80.6 Å². The molecule has 5 nitrogen and oxygen atoms in total. The number of carboxylic acid groups (broad SMARTS) is 1. The fourth-order valence-corrected chi connectivity index (χ4v) is 0.683. The maximum atomic E-state index is 11.8. The number of carboxylic acids is 1. The van der Waals surface area contributed by atoms with E-state index in [2.05, 4.69) is 0 Å². The molecular weight excluding hydrogens is 213 g/mol. The molecular formula is C7H8FNO4S. The molecule has 0 radical (unpaired) electrons. The van der Waals surface area contributed by atoms with Gasteiger partial charge in [-0.3, -0.25) is 4.72 Å². The Morgan fingerprint density at radius 3 is 2.29 bits per heavy atom. The monoisotopic (exact) mass is 221 g/mol. The summed E-state index contributed by atoms with van der Waals surface area (Å²) in [6.45, 7) is 0. The van der Waals surface area contributed by atoms with Gasteiger partial charge >= 0.3 is 16.4 Å². The number of rotatable bonds is 5. The molecule has 0 unspecified atom stereocenters. The zero-order chi connectivity index (χ0) is 11.0. The predicted molar refractivity (Wildman–Crippen MR) is 48.2 cm³/mol. The van der Waals surface area contributed by atoms with Crippen LogP contribution in [0.5, 0.6) is 0 Å². The minimum Gasteiger partial charge on any atom is -0.478 e. The van der Waals surface area contributed by atoms with E-state index in [9.17, 15) is 17.1 Å². The summed E-state index contributed by atoms with van der Waals surface area (Å²) < 4.78 is 32.9. The van der Waals surface area contributed by atoms with Gasteiger partial charge in [0.1, 0.15) is 0 Å². The van der Waals surface area contributed by atoms with Gasteiger partial charge in [-0.25, -0.2) is 4.79 Å². The van der Waals surface area contributed by atoms with Crippen LogP contribution in [-0.2, 0) is 15.2 Å². The molecule has 14 heavy (non-hydrogen) atoms. The fraction of sp³-hybridized carbons (Fsp3) is 0. The van der Waals surface area contributed by atoms with Crippen molar-refractivity contribution >= 4 is 16.4 Å². The van der Waals surface area contributed by atoms with E-state index in [1.54, 1.807) is 0 Å². The average molecular weight is 221 g/mol. The first-order valence-electron chi connectivity index (χ1n) is 3.36. The van der Waals surface area contributed by atoms with Crippen molar-refractivity contribution in [2.24, 2.45) is 0 Å². The van der Waals surface area contributed by atoms with Crippen molar-refractivity contribution < 1.29 is 22.2 Å². The lowest BCUT2D eigenvalue weighted by Gasteiger charge is -1.87. The smallest absolute Gasteiger partial charge is 0.396 e. The maximum Gasteiger partial charge on any atom is 0.396 e. The first kappa shape index (κ1) is 12.4. The molecule has 0 saturated carbocycles. The van der Waals surface area contributed by atoms with E-state index in [1.165, 1.54) is 29.0 Å². The molecule has 0 spiro atoms. The summed E-state index contributed by atoms with van der Waals surface area (Å²) in [5.74, 6) is -1.09. The lowest BCUT2D eigenvalue weighted by molar-refractivity contribution is -0.131. The van der Waals surface area contributed by atoms with Gasteiger partial charge < -0.3 is 5.11 Å². The molecule has 0 aromatic rings. The van der Waals surface area contributed by atoms with Crippen molar-refractivity contribution in [1.29, 1.82) is 0 Å². The Hall–Kier alpha value is -1.63. The zero-order valence-corrected chi connectivity index (χ0v) is 7.74. The van der Waals surface area contributed by atoms with E-state index in [1.807, 2.05) is 0 Å². The standard InChI is InChI=1S/C7H8FNO4S/c8-14(12,13)9-6-4-2-1-3-5-7(10)11/h1-6,9H,(H,10,11)/b2-1+,5-3?,6-4+. The lowest BCUT2D eigenvalue weighted by atomic mass is 10.4. The molecule has 2 N–H and O–H groups in total. The number of aliphatic carboxylic acids is 1. The van der Waals surface area contributed by atoms with Crippen LogP contribution in [0.3, 0.4) is 0 Å². The summed E-state index contributed by atoms with van der Waals surface area (Å²) >= 11 is 0. The van der Waals surface area contributed by atoms with Crippen molar-refractivity contribution in [1.82, 2.24) is 4.72 Å². The fourth-order valence-electron chi connectivity index (χ4n) is 0.442. The summed E-state index contributed by atoms with van der Waals surface area (Å²) in [5, 5.41) is 8.14. The van der Waals surface area contributed by atoms with Gasteiger partial charge in [0.05, 0.1) is 0 Å². The van der Waals surface area contributed by atoms with Crippen LogP contribution in [0.15, 0.2) is 36.6 Å². The largest absolute Gasteiger partial charge is 0.478 e. The number of nitrogens with one attached hydrogen (secondary N) is 1. The highest BCUT2D eigenvalue weighted by Crippen LogP contribution is 1.84. The molecule has 0 rings (SSSR count). The van der Waals surface area contributed by atoms with E-state index in [-0.39, 0.29) is 0 Å². The lowest BCUT2D eigenvalue weighted by Crippen LogP contribution is -2.10. The van der Waals surface area contributed by atoms with Crippen LogP contribution in [0.1, 0.15) is 0 Å². The van der Waals surface area contributed by atoms with Gasteiger partial charge in [-0.15, -0.1) is 0 Å². The van der Waals surface area contributed by atoms with Gasteiger partial charge in [-0.2, -0.15) is 8.42 Å². The number of halogens is 1. The Bertz CT molecular complexity index is 369. The highest BCUT2D eigenvalue weighted by Gasteiger charge is 1.97. The van der Waals surface area contributed by atoms with E-state index in [4.69, 9.17) is 5.11 Å². The van der Waals surface area contributed by atoms with Gasteiger partial charge in [-0.1, -0.05) is 22.1 Å². The maximum absolute atomic E-state index is 11.8. The average Bonchev–Trinajstić information content (AvgIpc) is 2.00. The summed E-state index contributed by atoms with van der Waals surface area (Å²) in [7, 11) is -4.71. The minimum atomic E-state index is -4.71. The first-order valence-corrected chi connectivity index (χ1v) is 4.75. The summed E-state index contributed by atoms with van der Waals surface area (Å²) in [6, 6.07) is 0. The van der Waals surface area contributed by atoms with E-state index in [0.717, 1.165) is 12.3 Å². The number of hydrogen-bond acceptors (Lipinski definition) is 3. The SMILES string of the molecule is O=C(O)C=C/C=C/C=C/NS(=O)(=O)F. The summed E-state index contributed by atoms with van der Waals surface area (Å²) in [6.07, 6.45) is 6.86. The van der Waals surface area contributed by atoms with Crippen LogP contribution in [-0.4, -0.2) is 19.5 Å². The van der Waals surface area contributed by atoms with Crippen LogP contribution in [0, 0.1) is 0 Å². The molecule has 0 amide bonds. The van der Waals surface area contributed by atoms with Crippen molar-refractivity contribution in [3.8, 4) is 0 Å². The van der Waals surface area contributed by atoms with Crippen molar-refractivity contribution in [3.05, 3.63) is 36.6 Å². The molecule has 78 valence electrons. The van der Waals surface area contributed by atoms with Gasteiger partial charge in [0.25, 0.3) is 0 Å². The van der Waals surface area contributed by atoms with E-state index in [0.29, 0.717) is 0 Å². The third-order valence-electron chi connectivity index (χ3n) is 0.877. The van der Waals surface area contributed by atoms with Crippen LogP contribution in [0.25, 0.3) is 0 Å². The second kappa shape index (κ2) is 5.92. The molecule has 0 aliphatic heterocycles. The van der Waals surface area contributed by atoms with Gasteiger partial charge in [-0.05, 0) is 6.08 Å². The van der Waals surface area contributed by atoms with Crippen LogP contribution in [0.2, 0.25) is 0 Å². The summed E-state index contributed by atoms with van der Waals surface area (Å²) in [4.78, 5) is 9.94. The molecule has 0 bridgehead atoms. The molecule has 0 heterocycles. The third kappa shape index (κ3) is 10.4. The van der Waals surface area contributed by atoms with Crippen molar-refractivity contribution in [3.63, 3.8) is 0 Å². The molecule has 0 atom stereocenters. The quantitative estimate of drug-likeness (QED) is 0.402. The topological polar surface area (TPSA) is 83.5 Å². The molecule has 0 aliphatic carbocycles. The molecule has 0 aliphatic rings. The zero-order valence-electron chi connectivity index (χ0n) is 6.92. The Morgan fingerprint density at radius 2 is 1.79 bits per heavy atom. The third-order valence-corrected chi connectivity index (χ3v) is 1.29. The highest BCUT2D eigenvalue weighted by molar-refractivity contribution is 7.84. The van der Waals surface area contributed by atoms with E-state index >= 15 is 0 Å². The second-order valence-electron chi connectivity index (χ2n) is 2.00. The normalized spacial score (nSPS) is 12.9. The number of carbonyl (C=O) groups is 1. The molecule has 0 aromatic carbocycles. The van der Waals surface area contributed by atoms with Crippen LogP contribution >= 0.6 is 0 Å². The summed E-state index contributed by atoms with van der Waals surface area (Å²) in [5.41, 5.74) is 0. The first-order chi connectivity index (χ1) is 6.42. The molecule has 0 fully saturated rings. The Kier molecular flexibility index (Phi) is 5.23. The molecule has 0 saturated heterocycles. The molecule has 0 aromatic heterocycles. The second-order valence-corrected chi connectivity index (χ2v) is 3.11. The van der Waals surface area contributed by atoms with Gasteiger partial charge in [0, 0.05) is 12.3 Å².